The van der Waals surface area contributed by atoms with Crippen LogP contribution >= 0.6 is 0 Å². The van der Waals surface area contributed by atoms with Crippen molar-refractivity contribution in [2.75, 3.05) is 32.8 Å². The average Bonchev–Trinajstić information content (AvgIpc) is 2.85. The van der Waals surface area contributed by atoms with Gasteiger partial charge in [0.05, 0.1) is 5.52 Å². The van der Waals surface area contributed by atoms with Gasteiger partial charge < -0.3 is 14.2 Å². The minimum atomic E-state index is 0.00124. The van der Waals surface area contributed by atoms with Crippen molar-refractivity contribution >= 4 is 16.8 Å². The third kappa shape index (κ3) is 5.50. The van der Waals surface area contributed by atoms with Gasteiger partial charge in [-0.05, 0) is 35.6 Å². The van der Waals surface area contributed by atoms with Crippen LogP contribution in [0, 0.1) is 0 Å². The number of amides is 1. The Balaban J connectivity index is 1.40. The number of hydrogen-bond donors (Lipinski definition) is 0. The van der Waals surface area contributed by atoms with E-state index in [0.717, 1.165) is 42.5 Å². The molecule has 1 amide bonds. The van der Waals surface area contributed by atoms with Crippen molar-refractivity contribution in [3.63, 3.8) is 0 Å². The molecule has 2 aromatic carbocycles. The van der Waals surface area contributed by atoms with Crippen molar-refractivity contribution in [1.29, 1.82) is 0 Å². The van der Waals surface area contributed by atoms with Crippen LogP contribution in [0.1, 0.15) is 44.2 Å². The molecule has 180 valence electrons. The molecule has 0 saturated carbocycles. The van der Waals surface area contributed by atoms with Gasteiger partial charge in [0.1, 0.15) is 5.75 Å². The summed E-state index contributed by atoms with van der Waals surface area (Å²) in [5.74, 6) is 0.871. The number of ether oxygens (including phenoxy) is 1. The number of piperazine rings is 1. The third-order valence-corrected chi connectivity index (χ3v) is 6.52. The second-order valence-electron chi connectivity index (χ2n) is 9.35. The highest BCUT2D eigenvalue weighted by Gasteiger charge is 2.21. The normalized spacial score (nSPS) is 14.6. The number of nitrogens with zero attached hydrogens (tertiary/aromatic N) is 3. The average molecular weight is 462 g/mol. The van der Waals surface area contributed by atoms with Crippen LogP contribution in [0.15, 0.2) is 59.4 Å². The molecule has 0 aliphatic carbocycles. The smallest absolute Gasteiger partial charge is 0.260 e. The maximum absolute atomic E-state index is 12.8. The molecule has 3 aromatic rings. The molecule has 2 heterocycles. The SMILES string of the molecule is CCCn1c(=O)cc(C(C)C)c2ccc(OCC(=O)N3CCN(Cc4ccccc4)CC3)cc21. The topological polar surface area (TPSA) is 54.8 Å². The molecule has 0 bridgehead atoms. The highest BCUT2D eigenvalue weighted by Crippen LogP contribution is 2.27. The highest BCUT2D eigenvalue weighted by molar-refractivity contribution is 5.84. The molecule has 1 saturated heterocycles. The molecular weight excluding hydrogens is 426 g/mol. The molecule has 0 N–H and O–H groups in total. The Labute approximate surface area is 201 Å². The third-order valence-electron chi connectivity index (χ3n) is 6.52. The summed E-state index contributed by atoms with van der Waals surface area (Å²) >= 11 is 0. The first kappa shape index (κ1) is 24.0. The Kier molecular flexibility index (Phi) is 7.68. The summed E-state index contributed by atoms with van der Waals surface area (Å²) in [6, 6.07) is 18.0. The molecule has 0 spiro atoms. The molecular formula is C28H35N3O3. The lowest BCUT2D eigenvalue weighted by Gasteiger charge is -2.34. The van der Waals surface area contributed by atoms with Gasteiger partial charge in [-0.3, -0.25) is 14.5 Å². The second kappa shape index (κ2) is 10.9. The van der Waals surface area contributed by atoms with Gasteiger partial charge >= 0.3 is 0 Å². The van der Waals surface area contributed by atoms with Crippen LogP contribution in [0.2, 0.25) is 0 Å². The van der Waals surface area contributed by atoms with Gasteiger partial charge in [0.25, 0.3) is 11.5 Å². The zero-order valence-electron chi connectivity index (χ0n) is 20.5. The number of aryl methyl sites for hydroxylation is 1. The quantitative estimate of drug-likeness (QED) is 0.503. The first-order valence-electron chi connectivity index (χ1n) is 12.3. The zero-order valence-corrected chi connectivity index (χ0v) is 20.5. The lowest BCUT2D eigenvalue weighted by atomic mass is 9.98. The predicted molar refractivity (Wildman–Crippen MR) is 136 cm³/mol. The summed E-state index contributed by atoms with van der Waals surface area (Å²) in [5, 5.41) is 1.07. The van der Waals surface area contributed by atoms with Crippen LogP contribution < -0.4 is 10.3 Å². The van der Waals surface area contributed by atoms with E-state index in [1.165, 1.54) is 5.56 Å². The molecule has 0 atom stereocenters. The van der Waals surface area contributed by atoms with E-state index in [9.17, 15) is 9.59 Å². The summed E-state index contributed by atoms with van der Waals surface area (Å²) in [6.45, 7) is 11.0. The number of rotatable bonds is 8. The Morgan fingerprint density at radius 2 is 1.74 bits per heavy atom. The van der Waals surface area contributed by atoms with E-state index in [-0.39, 0.29) is 24.0 Å². The fourth-order valence-corrected chi connectivity index (χ4v) is 4.64. The van der Waals surface area contributed by atoms with E-state index >= 15 is 0 Å². The molecule has 1 aromatic heterocycles. The first-order valence-corrected chi connectivity index (χ1v) is 12.3. The zero-order chi connectivity index (χ0) is 24.1. The van der Waals surface area contributed by atoms with Crippen LogP contribution in [0.5, 0.6) is 5.75 Å². The first-order chi connectivity index (χ1) is 16.5. The van der Waals surface area contributed by atoms with Crippen molar-refractivity contribution in [1.82, 2.24) is 14.4 Å². The highest BCUT2D eigenvalue weighted by atomic mass is 16.5. The van der Waals surface area contributed by atoms with Gasteiger partial charge in [0.15, 0.2) is 6.61 Å². The number of benzene rings is 2. The summed E-state index contributed by atoms with van der Waals surface area (Å²) in [7, 11) is 0. The largest absolute Gasteiger partial charge is 0.484 e. The number of hydrogen-bond acceptors (Lipinski definition) is 4. The number of fused-ring (bicyclic) bond motifs is 1. The van der Waals surface area contributed by atoms with Gasteiger partial charge in [-0.1, -0.05) is 51.1 Å². The van der Waals surface area contributed by atoms with E-state index < -0.39 is 0 Å². The molecule has 4 rings (SSSR count). The fraction of sp³-hybridized carbons (Fsp3) is 0.429. The maximum Gasteiger partial charge on any atom is 0.260 e. The standard InChI is InChI=1S/C28H35N3O3/c1-4-12-31-26-17-23(10-11-24(26)25(21(2)3)18-27(31)32)34-20-28(33)30-15-13-29(14-16-30)19-22-8-6-5-7-9-22/h5-11,17-18,21H,4,12-16,19-20H2,1-3H3. The van der Waals surface area contributed by atoms with Crippen LogP contribution in [0.3, 0.4) is 0 Å². The molecule has 1 aliphatic rings. The van der Waals surface area contributed by atoms with Gasteiger partial charge in [-0.25, -0.2) is 0 Å². The fourth-order valence-electron chi connectivity index (χ4n) is 4.64. The maximum atomic E-state index is 12.8. The second-order valence-corrected chi connectivity index (χ2v) is 9.35. The number of carbonyl (C=O) groups is 1. The summed E-state index contributed by atoms with van der Waals surface area (Å²) < 4.78 is 7.71. The Hall–Kier alpha value is -3.12. The van der Waals surface area contributed by atoms with E-state index in [1.807, 2.05) is 33.7 Å². The Bertz CT molecular complexity index is 1180. The van der Waals surface area contributed by atoms with Gasteiger partial charge in [-0.15, -0.1) is 0 Å². The van der Waals surface area contributed by atoms with Gasteiger partial charge in [0.2, 0.25) is 0 Å². The van der Waals surface area contributed by atoms with E-state index in [2.05, 4.69) is 49.9 Å². The molecule has 0 unspecified atom stereocenters. The van der Waals surface area contributed by atoms with Crippen molar-refractivity contribution < 1.29 is 9.53 Å². The van der Waals surface area contributed by atoms with E-state index in [1.54, 1.807) is 6.07 Å². The number of carbonyl (C=O) groups excluding carboxylic acids is 1. The predicted octanol–water partition coefficient (Wildman–Crippen LogP) is 4.26. The van der Waals surface area contributed by atoms with Crippen molar-refractivity contribution in [3.05, 3.63) is 76.1 Å². The number of aromatic nitrogens is 1. The minimum Gasteiger partial charge on any atom is -0.484 e. The summed E-state index contributed by atoms with van der Waals surface area (Å²) in [4.78, 5) is 29.8. The molecule has 1 aliphatic heterocycles. The molecule has 6 heteroatoms. The van der Waals surface area contributed by atoms with E-state index in [4.69, 9.17) is 4.74 Å². The summed E-state index contributed by atoms with van der Waals surface area (Å²) in [5.41, 5.74) is 3.23. The monoisotopic (exact) mass is 461 g/mol. The van der Waals surface area contributed by atoms with Crippen molar-refractivity contribution in [3.8, 4) is 5.75 Å². The molecule has 1 fully saturated rings. The Morgan fingerprint density at radius 3 is 2.41 bits per heavy atom. The number of pyridine rings is 1. The van der Waals surface area contributed by atoms with Crippen LogP contribution in [0.25, 0.3) is 10.9 Å². The van der Waals surface area contributed by atoms with Crippen molar-refractivity contribution in [2.45, 2.75) is 46.2 Å². The molecule has 0 radical (unpaired) electrons. The Morgan fingerprint density at radius 1 is 1.00 bits per heavy atom. The van der Waals surface area contributed by atoms with Crippen LogP contribution in [-0.2, 0) is 17.9 Å². The minimum absolute atomic E-state index is 0.00124. The van der Waals surface area contributed by atoms with Gasteiger partial charge in [-0.2, -0.15) is 0 Å². The van der Waals surface area contributed by atoms with E-state index in [0.29, 0.717) is 25.4 Å². The van der Waals surface area contributed by atoms with Crippen molar-refractivity contribution in [2.24, 2.45) is 0 Å². The molecule has 34 heavy (non-hydrogen) atoms. The van der Waals surface area contributed by atoms with Gasteiger partial charge in [0, 0.05) is 56.8 Å². The summed E-state index contributed by atoms with van der Waals surface area (Å²) in [6.07, 6.45) is 0.871. The lowest BCUT2D eigenvalue weighted by molar-refractivity contribution is -0.135. The van der Waals surface area contributed by atoms with Crippen LogP contribution in [0.4, 0.5) is 0 Å². The lowest BCUT2D eigenvalue weighted by Crippen LogP contribution is -2.49. The van der Waals surface area contributed by atoms with Crippen LogP contribution in [-0.4, -0.2) is 53.1 Å². The molecule has 6 nitrogen and oxygen atoms in total.